The van der Waals surface area contributed by atoms with Gasteiger partial charge < -0.3 is 20.1 Å². The van der Waals surface area contributed by atoms with Crippen molar-refractivity contribution in [2.24, 2.45) is 5.92 Å². The van der Waals surface area contributed by atoms with E-state index in [1.165, 1.54) is 7.11 Å². The fourth-order valence-corrected chi connectivity index (χ4v) is 2.58. The standard InChI is InChI=1S/C17H20N2O5/c1-4-24-13-8-6-5-7-12(13)19-16(21)11-9-14(20)18-10(2)15(11)17(22)23-3/h5-8,11H,4,9H2,1-3H3,(H,18,20)(H,19,21). The minimum Gasteiger partial charge on any atom is -0.492 e. The van der Waals surface area contributed by atoms with Crippen LogP contribution < -0.4 is 15.4 Å². The number of nitrogens with one attached hydrogen (secondary N) is 2. The predicted octanol–water partition coefficient (Wildman–Crippen LogP) is 1.61. The van der Waals surface area contributed by atoms with Crippen LogP contribution in [-0.4, -0.2) is 31.5 Å². The highest BCUT2D eigenvalue weighted by atomic mass is 16.5. The van der Waals surface area contributed by atoms with Gasteiger partial charge in [-0.2, -0.15) is 0 Å². The first-order valence-corrected chi connectivity index (χ1v) is 7.59. The van der Waals surface area contributed by atoms with Crippen LogP contribution in [0.25, 0.3) is 0 Å². The average molecular weight is 332 g/mol. The summed E-state index contributed by atoms with van der Waals surface area (Å²) in [5, 5.41) is 5.29. The smallest absolute Gasteiger partial charge is 0.336 e. The number of hydrogen-bond acceptors (Lipinski definition) is 5. The molecule has 7 heteroatoms. The molecule has 2 rings (SSSR count). The highest BCUT2D eigenvalue weighted by Gasteiger charge is 2.36. The van der Waals surface area contributed by atoms with Crippen molar-refractivity contribution in [1.82, 2.24) is 5.32 Å². The minimum atomic E-state index is -0.916. The molecule has 0 fully saturated rings. The van der Waals surface area contributed by atoms with Crippen LogP contribution in [0.3, 0.4) is 0 Å². The van der Waals surface area contributed by atoms with Crippen molar-refractivity contribution in [1.29, 1.82) is 0 Å². The molecule has 0 bridgehead atoms. The van der Waals surface area contributed by atoms with Crippen molar-refractivity contribution >= 4 is 23.5 Å². The first kappa shape index (κ1) is 17.5. The number of carbonyl (C=O) groups excluding carboxylic acids is 3. The average Bonchev–Trinajstić information content (AvgIpc) is 2.55. The fourth-order valence-electron chi connectivity index (χ4n) is 2.58. The number of esters is 1. The fraction of sp³-hybridized carbons (Fsp3) is 0.353. The number of carbonyl (C=O) groups is 3. The molecule has 24 heavy (non-hydrogen) atoms. The summed E-state index contributed by atoms with van der Waals surface area (Å²) in [5.41, 5.74) is 0.969. The monoisotopic (exact) mass is 332 g/mol. The lowest BCUT2D eigenvalue weighted by Crippen LogP contribution is -2.40. The number of rotatable bonds is 5. The molecule has 2 amide bonds. The second kappa shape index (κ2) is 7.63. The molecule has 1 heterocycles. The predicted molar refractivity (Wildman–Crippen MR) is 87.2 cm³/mol. The number of benzene rings is 1. The lowest BCUT2D eigenvalue weighted by Gasteiger charge is -2.25. The second-order valence-electron chi connectivity index (χ2n) is 5.25. The summed E-state index contributed by atoms with van der Waals surface area (Å²) in [6, 6.07) is 6.97. The summed E-state index contributed by atoms with van der Waals surface area (Å²) in [6.07, 6.45) is -0.121. The van der Waals surface area contributed by atoms with Gasteiger partial charge in [-0.1, -0.05) is 12.1 Å². The van der Waals surface area contributed by atoms with Crippen LogP contribution in [-0.2, 0) is 19.1 Å². The lowest BCUT2D eigenvalue weighted by atomic mass is 9.89. The van der Waals surface area contributed by atoms with Gasteiger partial charge in [-0.15, -0.1) is 0 Å². The lowest BCUT2D eigenvalue weighted by molar-refractivity contribution is -0.139. The van der Waals surface area contributed by atoms with Gasteiger partial charge in [0.1, 0.15) is 5.75 Å². The van der Waals surface area contributed by atoms with Crippen LogP contribution in [0.4, 0.5) is 5.69 Å². The molecule has 1 unspecified atom stereocenters. The van der Waals surface area contributed by atoms with E-state index >= 15 is 0 Å². The van der Waals surface area contributed by atoms with Crippen molar-refractivity contribution < 1.29 is 23.9 Å². The molecule has 0 radical (unpaired) electrons. The van der Waals surface area contributed by atoms with Gasteiger partial charge in [0.2, 0.25) is 11.8 Å². The molecule has 2 N–H and O–H groups in total. The maximum atomic E-state index is 12.7. The highest BCUT2D eigenvalue weighted by Crippen LogP contribution is 2.28. The molecular formula is C17H20N2O5. The molecule has 1 atom stereocenters. The van der Waals surface area contributed by atoms with E-state index in [2.05, 4.69) is 10.6 Å². The van der Waals surface area contributed by atoms with Gasteiger partial charge in [0.15, 0.2) is 0 Å². The Morgan fingerprint density at radius 1 is 1.33 bits per heavy atom. The number of ether oxygens (including phenoxy) is 2. The summed E-state index contributed by atoms with van der Waals surface area (Å²) in [7, 11) is 1.23. The quantitative estimate of drug-likeness (QED) is 0.799. The summed E-state index contributed by atoms with van der Waals surface area (Å²) in [6.45, 7) is 3.86. The normalized spacial score (nSPS) is 17.1. The maximum Gasteiger partial charge on any atom is 0.336 e. The van der Waals surface area contributed by atoms with E-state index in [-0.39, 0.29) is 17.9 Å². The van der Waals surface area contributed by atoms with Gasteiger partial charge in [-0.25, -0.2) is 4.79 Å². The number of anilines is 1. The van der Waals surface area contributed by atoms with Crippen LogP contribution in [0.15, 0.2) is 35.5 Å². The van der Waals surface area contributed by atoms with Gasteiger partial charge in [0.25, 0.3) is 0 Å². The van der Waals surface area contributed by atoms with Crippen molar-refractivity contribution in [3.63, 3.8) is 0 Å². The molecule has 1 aliphatic rings. The second-order valence-corrected chi connectivity index (χ2v) is 5.25. The van der Waals surface area contributed by atoms with Gasteiger partial charge >= 0.3 is 5.97 Å². The van der Waals surface area contributed by atoms with E-state index in [0.29, 0.717) is 23.7 Å². The van der Waals surface area contributed by atoms with Gasteiger partial charge in [0, 0.05) is 12.1 Å². The van der Waals surface area contributed by atoms with E-state index in [1.54, 1.807) is 31.2 Å². The first-order valence-electron chi connectivity index (χ1n) is 7.59. The SMILES string of the molecule is CCOc1ccccc1NC(=O)C1CC(=O)NC(C)=C1C(=O)OC. The Morgan fingerprint density at radius 2 is 2.04 bits per heavy atom. The van der Waals surface area contributed by atoms with E-state index in [1.807, 2.05) is 6.92 Å². The zero-order valence-corrected chi connectivity index (χ0v) is 13.8. The molecule has 0 saturated heterocycles. The van der Waals surface area contributed by atoms with E-state index in [9.17, 15) is 14.4 Å². The number of methoxy groups -OCH3 is 1. The Balaban J connectivity index is 2.29. The van der Waals surface area contributed by atoms with E-state index in [4.69, 9.17) is 9.47 Å². The van der Waals surface area contributed by atoms with E-state index in [0.717, 1.165) is 0 Å². The molecule has 1 aliphatic heterocycles. The van der Waals surface area contributed by atoms with Crippen LogP contribution in [0.5, 0.6) is 5.75 Å². The minimum absolute atomic E-state index is 0.121. The first-order chi connectivity index (χ1) is 11.5. The zero-order valence-electron chi connectivity index (χ0n) is 13.8. The summed E-state index contributed by atoms with van der Waals surface area (Å²) < 4.78 is 10.2. The Kier molecular flexibility index (Phi) is 5.57. The Hall–Kier alpha value is -2.83. The molecule has 7 nitrogen and oxygen atoms in total. The third-order valence-electron chi connectivity index (χ3n) is 3.64. The molecule has 0 aliphatic carbocycles. The highest BCUT2D eigenvalue weighted by molar-refractivity contribution is 6.06. The molecule has 0 spiro atoms. The van der Waals surface area contributed by atoms with Crippen LogP contribution in [0.1, 0.15) is 20.3 Å². The Labute approximate surface area is 140 Å². The molecular weight excluding hydrogens is 312 g/mol. The third kappa shape index (κ3) is 3.73. The summed E-state index contributed by atoms with van der Waals surface area (Å²) in [4.78, 5) is 36.4. The van der Waals surface area contributed by atoms with Crippen molar-refractivity contribution in [2.75, 3.05) is 19.0 Å². The van der Waals surface area contributed by atoms with Crippen LogP contribution >= 0.6 is 0 Å². The summed E-state index contributed by atoms with van der Waals surface area (Å²) in [5.74, 6) is -1.81. The molecule has 0 aromatic heterocycles. The summed E-state index contributed by atoms with van der Waals surface area (Å²) >= 11 is 0. The Morgan fingerprint density at radius 3 is 2.71 bits per heavy atom. The topological polar surface area (TPSA) is 93.7 Å². The van der Waals surface area contributed by atoms with Crippen LogP contribution in [0.2, 0.25) is 0 Å². The number of hydrogen-bond donors (Lipinski definition) is 2. The van der Waals surface area contributed by atoms with Gasteiger partial charge in [0.05, 0.1) is 30.9 Å². The van der Waals surface area contributed by atoms with Crippen molar-refractivity contribution in [3.05, 3.63) is 35.5 Å². The largest absolute Gasteiger partial charge is 0.492 e. The van der Waals surface area contributed by atoms with E-state index < -0.39 is 17.8 Å². The number of para-hydroxylation sites is 2. The maximum absolute atomic E-state index is 12.7. The van der Waals surface area contributed by atoms with Gasteiger partial charge in [-0.3, -0.25) is 9.59 Å². The van der Waals surface area contributed by atoms with Crippen LogP contribution in [0, 0.1) is 5.92 Å². The van der Waals surface area contributed by atoms with Crippen molar-refractivity contribution in [3.8, 4) is 5.75 Å². The van der Waals surface area contributed by atoms with Gasteiger partial charge in [-0.05, 0) is 26.0 Å². The third-order valence-corrected chi connectivity index (χ3v) is 3.64. The molecule has 128 valence electrons. The number of allylic oxidation sites excluding steroid dienone is 1. The number of amides is 2. The van der Waals surface area contributed by atoms with Crippen molar-refractivity contribution in [2.45, 2.75) is 20.3 Å². The molecule has 1 aromatic rings. The Bertz CT molecular complexity index is 696. The molecule has 1 aromatic carbocycles. The molecule has 0 saturated carbocycles. The zero-order chi connectivity index (χ0) is 17.7.